The van der Waals surface area contributed by atoms with Crippen LogP contribution in [-0.2, 0) is 25.7 Å². The molecule has 0 saturated heterocycles. The number of carboxylic acids is 4. The zero-order valence-corrected chi connectivity index (χ0v) is 16.4. The lowest BCUT2D eigenvalue weighted by atomic mass is 10.3. The Morgan fingerprint density at radius 1 is 0.667 bits per heavy atom. The van der Waals surface area contributed by atoms with E-state index in [1.807, 2.05) is 4.90 Å². The number of carboxylic acid groups (broad SMARTS) is 4. The molecular weight excluding hydrogens is 400 g/mol. The molecule has 0 aliphatic heterocycles. The fourth-order valence-electron chi connectivity index (χ4n) is 2.75. The Hall–Kier alpha value is -3.09. The second-order valence-electron chi connectivity index (χ2n) is 6.59. The van der Waals surface area contributed by atoms with Crippen LogP contribution in [0.2, 0.25) is 0 Å². The number of carbonyl (C=O) groups is 4. The largest absolute Gasteiger partial charge is 0.480 e. The summed E-state index contributed by atoms with van der Waals surface area (Å²) in [6.07, 6.45) is 1.61. The Labute approximate surface area is 172 Å². The van der Waals surface area contributed by atoms with Crippen LogP contribution in [-0.4, -0.2) is 116 Å². The summed E-state index contributed by atoms with van der Waals surface area (Å²) in [5.74, 6) is -4.61. The quantitative estimate of drug-likeness (QED) is 0.250. The Morgan fingerprint density at radius 2 is 1.07 bits per heavy atom. The van der Waals surface area contributed by atoms with Gasteiger partial charge in [-0.25, -0.2) is 0 Å². The van der Waals surface area contributed by atoms with Crippen molar-refractivity contribution in [3.63, 3.8) is 0 Å². The maximum absolute atomic E-state index is 11.0. The monoisotopic (exact) mass is 426 g/mol. The van der Waals surface area contributed by atoms with E-state index in [-0.39, 0.29) is 26.2 Å². The fourth-order valence-corrected chi connectivity index (χ4v) is 2.75. The molecule has 1 aromatic heterocycles. The van der Waals surface area contributed by atoms with Gasteiger partial charge in [-0.15, -0.1) is 0 Å². The molecule has 0 fully saturated rings. The highest BCUT2D eigenvalue weighted by molar-refractivity contribution is 5.73. The molecule has 0 saturated carbocycles. The second-order valence-corrected chi connectivity index (χ2v) is 6.59. The average Bonchev–Trinajstić information content (AvgIpc) is 2.62. The van der Waals surface area contributed by atoms with Crippen molar-refractivity contribution in [1.82, 2.24) is 19.7 Å². The molecule has 0 radical (unpaired) electrons. The standard InChI is InChI=1S/C18H26N4O8/c23-15(24)10-21(11-16(25)26)7-5-20(9-14-3-1-2-4-19-14)6-8-22(12-17(27)28)13-18(29)30/h1-4H,5-13H2,(H,23,24)(H,25,26)(H,27,28)(H,29,30). The molecule has 0 unspecified atom stereocenters. The molecule has 1 aromatic rings. The van der Waals surface area contributed by atoms with Crippen molar-refractivity contribution in [1.29, 1.82) is 0 Å². The number of hydrogen-bond acceptors (Lipinski definition) is 8. The van der Waals surface area contributed by atoms with E-state index in [1.165, 1.54) is 9.80 Å². The fraction of sp³-hybridized carbons (Fsp3) is 0.500. The molecule has 1 rings (SSSR count). The lowest BCUT2D eigenvalue weighted by Gasteiger charge is -2.28. The van der Waals surface area contributed by atoms with Crippen molar-refractivity contribution in [3.8, 4) is 0 Å². The van der Waals surface area contributed by atoms with Gasteiger partial charge in [-0.1, -0.05) is 6.07 Å². The van der Waals surface area contributed by atoms with E-state index < -0.39 is 50.1 Å². The minimum absolute atomic E-state index is 0.142. The Morgan fingerprint density at radius 3 is 1.40 bits per heavy atom. The minimum Gasteiger partial charge on any atom is -0.480 e. The van der Waals surface area contributed by atoms with Crippen LogP contribution < -0.4 is 0 Å². The third-order valence-electron chi connectivity index (χ3n) is 4.01. The molecule has 0 aliphatic rings. The number of aromatic nitrogens is 1. The molecule has 1 heterocycles. The molecule has 0 amide bonds. The van der Waals surface area contributed by atoms with Gasteiger partial charge in [0.05, 0.1) is 31.9 Å². The third kappa shape index (κ3) is 11.7. The van der Waals surface area contributed by atoms with Crippen LogP contribution >= 0.6 is 0 Å². The van der Waals surface area contributed by atoms with E-state index in [4.69, 9.17) is 20.4 Å². The molecule has 0 spiro atoms. The highest BCUT2D eigenvalue weighted by Crippen LogP contribution is 2.03. The van der Waals surface area contributed by atoms with E-state index >= 15 is 0 Å². The normalized spacial score (nSPS) is 11.2. The number of hydrogen-bond donors (Lipinski definition) is 4. The Balaban J connectivity index is 2.81. The molecule has 0 aromatic carbocycles. The van der Waals surface area contributed by atoms with E-state index in [2.05, 4.69) is 4.98 Å². The van der Waals surface area contributed by atoms with Gasteiger partial charge in [-0.2, -0.15) is 0 Å². The van der Waals surface area contributed by atoms with Crippen LogP contribution in [0.4, 0.5) is 0 Å². The average molecular weight is 426 g/mol. The summed E-state index contributed by atoms with van der Waals surface area (Å²) < 4.78 is 0. The van der Waals surface area contributed by atoms with Gasteiger partial charge < -0.3 is 20.4 Å². The minimum atomic E-state index is -1.15. The zero-order chi connectivity index (χ0) is 22.5. The van der Waals surface area contributed by atoms with Gasteiger partial charge in [0, 0.05) is 38.9 Å². The zero-order valence-electron chi connectivity index (χ0n) is 16.4. The van der Waals surface area contributed by atoms with Crippen LogP contribution in [0.5, 0.6) is 0 Å². The SMILES string of the molecule is O=C(O)CN(CCN(CCN(CC(=O)O)CC(=O)O)Cc1ccccn1)CC(=O)O. The van der Waals surface area contributed by atoms with Gasteiger partial charge in [0.15, 0.2) is 0 Å². The van der Waals surface area contributed by atoms with Crippen molar-refractivity contribution < 1.29 is 39.6 Å². The van der Waals surface area contributed by atoms with Gasteiger partial charge >= 0.3 is 23.9 Å². The van der Waals surface area contributed by atoms with Crippen molar-refractivity contribution >= 4 is 23.9 Å². The highest BCUT2D eigenvalue weighted by atomic mass is 16.4. The van der Waals surface area contributed by atoms with Crippen LogP contribution in [0.25, 0.3) is 0 Å². The predicted molar refractivity (Wildman–Crippen MR) is 103 cm³/mol. The molecular formula is C18H26N4O8. The van der Waals surface area contributed by atoms with Gasteiger partial charge in [0.25, 0.3) is 0 Å². The topological polar surface area (TPSA) is 172 Å². The first-order chi connectivity index (χ1) is 14.2. The van der Waals surface area contributed by atoms with E-state index in [0.29, 0.717) is 12.2 Å². The number of aliphatic carboxylic acids is 4. The molecule has 166 valence electrons. The van der Waals surface area contributed by atoms with Gasteiger partial charge in [-0.05, 0) is 12.1 Å². The molecule has 0 atom stereocenters. The number of pyridine rings is 1. The van der Waals surface area contributed by atoms with E-state index in [0.717, 1.165) is 0 Å². The maximum atomic E-state index is 11.0. The number of nitrogens with zero attached hydrogens (tertiary/aromatic N) is 4. The molecule has 12 nitrogen and oxygen atoms in total. The van der Waals surface area contributed by atoms with Crippen LogP contribution in [0.1, 0.15) is 5.69 Å². The van der Waals surface area contributed by atoms with E-state index in [9.17, 15) is 19.2 Å². The summed E-state index contributed by atoms with van der Waals surface area (Å²) in [4.78, 5) is 52.5. The molecule has 0 aliphatic carbocycles. The lowest BCUT2D eigenvalue weighted by Crippen LogP contribution is -2.44. The van der Waals surface area contributed by atoms with E-state index in [1.54, 1.807) is 24.4 Å². The van der Waals surface area contributed by atoms with Gasteiger partial charge in [0.1, 0.15) is 0 Å². The van der Waals surface area contributed by atoms with Crippen molar-refractivity contribution in [3.05, 3.63) is 30.1 Å². The molecule has 30 heavy (non-hydrogen) atoms. The first kappa shape index (κ1) is 24.9. The maximum Gasteiger partial charge on any atom is 0.317 e. The molecule has 4 N–H and O–H groups in total. The van der Waals surface area contributed by atoms with Crippen molar-refractivity contribution in [2.45, 2.75) is 6.54 Å². The summed E-state index contributed by atoms with van der Waals surface area (Å²) in [6, 6.07) is 5.32. The summed E-state index contributed by atoms with van der Waals surface area (Å²) >= 11 is 0. The summed E-state index contributed by atoms with van der Waals surface area (Å²) in [7, 11) is 0. The molecule has 0 bridgehead atoms. The molecule has 12 heteroatoms. The smallest absolute Gasteiger partial charge is 0.317 e. The first-order valence-electron chi connectivity index (χ1n) is 9.10. The van der Waals surface area contributed by atoms with Crippen LogP contribution in [0, 0.1) is 0 Å². The van der Waals surface area contributed by atoms with Crippen molar-refractivity contribution in [2.24, 2.45) is 0 Å². The lowest BCUT2D eigenvalue weighted by molar-refractivity contribution is -0.143. The van der Waals surface area contributed by atoms with Gasteiger partial charge in [-0.3, -0.25) is 38.9 Å². The summed E-state index contributed by atoms with van der Waals surface area (Å²) in [6.45, 7) is -0.546. The predicted octanol–water partition coefficient (Wildman–Crippen LogP) is -1.17. The summed E-state index contributed by atoms with van der Waals surface area (Å²) in [5, 5.41) is 35.9. The van der Waals surface area contributed by atoms with Crippen LogP contribution in [0.15, 0.2) is 24.4 Å². The number of rotatable bonds is 16. The second kappa shape index (κ2) is 13.2. The first-order valence-corrected chi connectivity index (χ1v) is 9.10. The summed E-state index contributed by atoms with van der Waals surface area (Å²) in [5.41, 5.74) is 0.712. The Bertz CT molecular complexity index is 643. The van der Waals surface area contributed by atoms with Crippen LogP contribution in [0.3, 0.4) is 0 Å². The Kier molecular flexibility index (Phi) is 11.0. The third-order valence-corrected chi connectivity index (χ3v) is 4.01. The van der Waals surface area contributed by atoms with Gasteiger partial charge in [0.2, 0.25) is 0 Å². The van der Waals surface area contributed by atoms with Crippen molar-refractivity contribution in [2.75, 3.05) is 52.4 Å². The highest BCUT2D eigenvalue weighted by Gasteiger charge is 2.18.